The number of carbonyl (C=O) groups excluding carboxylic acids is 2. The Morgan fingerprint density at radius 1 is 1.15 bits per heavy atom. The van der Waals surface area contributed by atoms with Gasteiger partial charge in [-0.3, -0.25) is 19.4 Å². The highest BCUT2D eigenvalue weighted by Gasteiger charge is 2.32. The van der Waals surface area contributed by atoms with Gasteiger partial charge in [0, 0.05) is 17.6 Å². The molecule has 0 spiro atoms. The number of nitrogens with one attached hydrogen (secondary N) is 2. The first-order chi connectivity index (χ1) is 12.8. The molecule has 1 heterocycles. The number of para-hydroxylation sites is 1. The lowest BCUT2D eigenvalue weighted by Gasteiger charge is -2.22. The van der Waals surface area contributed by atoms with Gasteiger partial charge < -0.3 is 10.4 Å². The molecule has 8 heteroatoms. The predicted octanol–water partition coefficient (Wildman–Crippen LogP) is 2.38. The second-order valence-corrected chi connectivity index (χ2v) is 6.78. The summed E-state index contributed by atoms with van der Waals surface area (Å²) in [5.41, 5.74) is 2.92. The summed E-state index contributed by atoms with van der Waals surface area (Å²) in [4.78, 5) is 35.8. The Morgan fingerprint density at radius 3 is 2.41 bits per heavy atom. The van der Waals surface area contributed by atoms with Crippen LogP contribution in [0.1, 0.15) is 32.8 Å². The van der Waals surface area contributed by atoms with E-state index in [9.17, 15) is 19.5 Å². The zero-order valence-corrected chi connectivity index (χ0v) is 15.6. The molecule has 0 aliphatic rings. The SMILES string of the molecule is CCC(C)C(C(=O)NO)C(=O)N[C@H](C)Cc1cn(C(=O)O)c2ccccc12. The topological polar surface area (TPSA) is 121 Å². The van der Waals surface area contributed by atoms with Crippen molar-refractivity contribution in [3.8, 4) is 0 Å². The van der Waals surface area contributed by atoms with E-state index in [1.54, 1.807) is 37.7 Å². The van der Waals surface area contributed by atoms with E-state index in [0.717, 1.165) is 15.5 Å². The van der Waals surface area contributed by atoms with E-state index in [-0.39, 0.29) is 12.0 Å². The molecule has 2 aromatic rings. The molecule has 0 bridgehead atoms. The van der Waals surface area contributed by atoms with Gasteiger partial charge in [0.15, 0.2) is 0 Å². The van der Waals surface area contributed by atoms with E-state index in [2.05, 4.69) is 5.32 Å². The molecule has 0 saturated heterocycles. The van der Waals surface area contributed by atoms with Gasteiger partial charge in [-0.15, -0.1) is 0 Å². The first kappa shape index (κ1) is 20.4. The lowest BCUT2D eigenvalue weighted by atomic mass is 9.90. The lowest BCUT2D eigenvalue weighted by molar-refractivity contribution is -0.143. The highest BCUT2D eigenvalue weighted by atomic mass is 16.5. The van der Waals surface area contributed by atoms with Crippen molar-refractivity contribution in [2.45, 2.75) is 39.7 Å². The fourth-order valence-electron chi connectivity index (χ4n) is 3.23. The average molecular weight is 375 g/mol. The van der Waals surface area contributed by atoms with Gasteiger partial charge in [0.05, 0.1) is 5.52 Å². The normalized spacial score (nSPS) is 14.4. The molecular formula is C19H25N3O5. The van der Waals surface area contributed by atoms with Crippen LogP contribution in [0, 0.1) is 11.8 Å². The number of rotatable bonds is 7. The second-order valence-electron chi connectivity index (χ2n) is 6.78. The Kier molecular flexibility index (Phi) is 6.57. The van der Waals surface area contributed by atoms with Crippen LogP contribution in [0.15, 0.2) is 30.5 Å². The molecule has 27 heavy (non-hydrogen) atoms. The summed E-state index contributed by atoms with van der Waals surface area (Å²) in [5.74, 6) is -2.44. The molecular weight excluding hydrogens is 350 g/mol. The van der Waals surface area contributed by atoms with Crippen LogP contribution < -0.4 is 10.8 Å². The molecule has 1 aromatic heterocycles. The number of carbonyl (C=O) groups is 3. The summed E-state index contributed by atoms with van der Waals surface area (Å²) in [6.07, 6.45) is 1.47. The van der Waals surface area contributed by atoms with Crippen LogP contribution >= 0.6 is 0 Å². The first-order valence-corrected chi connectivity index (χ1v) is 8.86. The van der Waals surface area contributed by atoms with Gasteiger partial charge in [0.1, 0.15) is 5.92 Å². The Bertz CT molecular complexity index is 845. The van der Waals surface area contributed by atoms with E-state index in [1.165, 1.54) is 0 Å². The van der Waals surface area contributed by atoms with Gasteiger partial charge in [0.25, 0.3) is 5.91 Å². The van der Waals surface area contributed by atoms with Crippen molar-refractivity contribution in [2.24, 2.45) is 11.8 Å². The van der Waals surface area contributed by atoms with Gasteiger partial charge in [-0.1, -0.05) is 38.5 Å². The van der Waals surface area contributed by atoms with Crippen LogP contribution in [0.2, 0.25) is 0 Å². The third-order valence-electron chi connectivity index (χ3n) is 4.80. The Labute approximate surface area is 157 Å². The molecule has 0 aliphatic carbocycles. The summed E-state index contributed by atoms with van der Waals surface area (Å²) in [5, 5.41) is 21.8. The number of hydrogen-bond acceptors (Lipinski definition) is 4. The van der Waals surface area contributed by atoms with Gasteiger partial charge in [-0.25, -0.2) is 10.3 Å². The molecule has 0 fully saturated rings. The monoisotopic (exact) mass is 375 g/mol. The minimum absolute atomic E-state index is 0.238. The van der Waals surface area contributed by atoms with Crippen LogP contribution in [0.5, 0.6) is 0 Å². The van der Waals surface area contributed by atoms with Crippen molar-refractivity contribution in [1.29, 1.82) is 0 Å². The first-order valence-electron chi connectivity index (χ1n) is 8.86. The smallest absolute Gasteiger partial charge is 0.416 e. The molecule has 2 rings (SSSR count). The fourth-order valence-corrected chi connectivity index (χ4v) is 3.23. The lowest BCUT2D eigenvalue weighted by Crippen LogP contribution is -2.46. The van der Waals surface area contributed by atoms with E-state index in [0.29, 0.717) is 18.4 Å². The van der Waals surface area contributed by atoms with Crippen LogP contribution in [-0.4, -0.2) is 38.8 Å². The number of carboxylic acid groups (broad SMARTS) is 1. The fraction of sp³-hybridized carbons (Fsp3) is 0.421. The van der Waals surface area contributed by atoms with Crippen molar-refractivity contribution < 1.29 is 24.7 Å². The number of benzene rings is 1. The van der Waals surface area contributed by atoms with Crippen molar-refractivity contribution in [2.75, 3.05) is 0 Å². The Hall–Kier alpha value is -2.87. The molecule has 0 radical (unpaired) electrons. The van der Waals surface area contributed by atoms with Gasteiger partial charge >= 0.3 is 6.09 Å². The van der Waals surface area contributed by atoms with Crippen LogP contribution in [0.3, 0.4) is 0 Å². The van der Waals surface area contributed by atoms with Gasteiger partial charge in [-0.05, 0) is 30.9 Å². The van der Waals surface area contributed by atoms with E-state index < -0.39 is 23.8 Å². The molecule has 8 nitrogen and oxygen atoms in total. The highest BCUT2D eigenvalue weighted by Crippen LogP contribution is 2.23. The summed E-state index contributed by atoms with van der Waals surface area (Å²) < 4.78 is 1.15. The van der Waals surface area contributed by atoms with E-state index in [1.807, 2.05) is 19.1 Å². The standard InChI is InChI=1S/C19H25N3O5/c1-4-11(2)16(18(24)21-27)17(23)20-12(3)9-13-10-22(19(25)26)15-8-6-5-7-14(13)15/h5-8,10-12,16,27H,4,9H2,1-3H3,(H,20,23)(H,21,24)(H,25,26)/t11?,12-,16?/m1/s1. The predicted molar refractivity (Wildman–Crippen MR) is 99.5 cm³/mol. The maximum atomic E-state index is 12.5. The van der Waals surface area contributed by atoms with Crippen LogP contribution in [0.4, 0.5) is 4.79 Å². The highest BCUT2D eigenvalue weighted by molar-refractivity contribution is 6.00. The van der Waals surface area contributed by atoms with Crippen LogP contribution in [0.25, 0.3) is 10.9 Å². The van der Waals surface area contributed by atoms with Crippen molar-refractivity contribution in [3.63, 3.8) is 0 Å². The average Bonchev–Trinajstić information content (AvgIpc) is 3.00. The van der Waals surface area contributed by atoms with Crippen molar-refractivity contribution in [1.82, 2.24) is 15.4 Å². The number of aromatic nitrogens is 1. The zero-order chi connectivity index (χ0) is 20.1. The van der Waals surface area contributed by atoms with E-state index >= 15 is 0 Å². The molecule has 0 aliphatic heterocycles. The number of fused-ring (bicyclic) bond motifs is 1. The third-order valence-corrected chi connectivity index (χ3v) is 4.80. The van der Waals surface area contributed by atoms with Gasteiger partial charge in [0.2, 0.25) is 5.91 Å². The third kappa shape index (κ3) is 4.46. The van der Waals surface area contributed by atoms with Gasteiger partial charge in [-0.2, -0.15) is 0 Å². The maximum absolute atomic E-state index is 12.5. The summed E-state index contributed by atoms with van der Waals surface area (Å²) in [6.45, 7) is 5.42. The second kappa shape index (κ2) is 8.68. The molecule has 2 unspecified atom stereocenters. The zero-order valence-electron chi connectivity index (χ0n) is 15.6. The Balaban J connectivity index is 2.19. The quantitative estimate of drug-likeness (QED) is 0.336. The summed E-state index contributed by atoms with van der Waals surface area (Å²) in [6, 6.07) is 6.82. The summed E-state index contributed by atoms with van der Waals surface area (Å²) in [7, 11) is 0. The summed E-state index contributed by atoms with van der Waals surface area (Å²) >= 11 is 0. The van der Waals surface area contributed by atoms with E-state index in [4.69, 9.17) is 5.21 Å². The number of amides is 2. The number of nitrogens with zero attached hydrogens (tertiary/aromatic N) is 1. The molecule has 3 atom stereocenters. The molecule has 146 valence electrons. The van der Waals surface area contributed by atoms with Crippen LogP contribution in [-0.2, 0) is 16.0 Å². The number of hydrogen-bond donors (Lipinski definition) is 4. The molecule has 0 saturated carbocycles. The minimum Gasteiger partial charge on any atom is -0.464 e. The maximum Gasteiger partial charge on any atom is 0.416 e. The number of hydroxylamine groups is 1. The Morgan fingerprint density at radius 2 is 1.81 bits per heavy atom. The molecule has 4 N–H and O–H groups in total. The molecule has 2 amide bonds. The van der Waals surface area contributed by atoms with Crippen molar-refractivity contribution >= 4 is 28.8 Å². The largest absolute Gasteiger partial charge is 0.464 e. The molecule has 1 aromatic carbocycles. The van der Waals surface area contributed by atoms with Crippen molar-refractivity contribution in [3.05, 3.63) is 36.0 Å². The minimum atomic E-state index is -1.08.